The van der Waals surface area contributed by atoms with Crippen LogP contribution in [-0.2, 0) is 6.61 Å². The largest absolute Gasteiger partial charge is 0.488 e. The van der Waals surface area contributed by atoms with Crippen LogP contribution in [0.2, 0.25) is 0 Å². The maximum absolute atomic E-state index is 6.03. The van der Waals surface area contributed by atoms with Gasteiger partial charge >= 0.3 is 0 Å². The van der Waals surface area contributed by atoms with E-state index in [9.17, 15) is 0 Å². The quantitative estimate of drug-likeness (QED) is 0.452. The Morgan fingerprint density at radius 2 is 1.90 bits per heavy atom. The standard InChI is InChI=1S/C26H26N4O/c1-2-19-14-21(8-9-24(19)31-17-18-6-4-3-5-7-18)25-29-23-15-22(16-28-26(23)30-25)20-10-12-27-13-11-20/h2-9,14-16,20,27H,1,10-13,17H2,(H,28,29,30). The van der Waals surface area contributed by atoms with Crippen molar-refractivity contribution in [1.29, 1.82) is 0 Å². The number of fused-ring (bicyclic) bond motifs is 1. The van der Waals surface area contributed by atoms with Gasteiger partial charge in [-0.2, -0.15) is 0 Å². The zero-order valence-corrected chi connectivity index (χ0v) is 17.5. The van der Waals surface area contributed by atoms with Crippen LogP contribution in [-0.4, -0.2) is 28.0 Å². The Kier molecular flexibility index (Phi) is 5.50. The average molecular weight is 411 g/mol. The Bertz CT molecular complexity index is 1190. The third-order valence-corrected chi connectivity index (χ3v) is 5.91. The van der Waals surface area contributed by atoms with Gasteiger partial charge in [-0.05, 0) is 67.2 Å². The monoisotopic (exact) mass is 410 g/mol. The number of pyridine rings is 1. The number of nitrogens with zero attached hydrogens (tertiary/aromatic N) is 2. The van der Waals surface area contributed by atoms with Gasteiger partial charge in [0, 0.05) is 17.3 Å². The highest BCUT2D eigenvalue weighted by Crippen LogP contribution is 2.30. The summed E-state index contributed by atoms with van der Waals surface area (Å²) in [5.74, 6) is 2.18. The van der Waals surface area contributed by atoms with Crippen LogP contribution in [0.3, 0.4) is 0 Å². The van der Waals surface area contributed by atoms with Gasteiger partial charge in [-0.25, -0.2) is 9.97 Å². The van der Waals surface area contributed by atoms with Crippen LogP contribution in [0.25, 0.3) is 28.6 Å². The molecule has 1 fully saturated rings. The minimum atomic E-state index is 0.523. The van der Waals surface area contributed by atoms with E-state index in [1.54, 1.807) is 0 Å². The summed E-state index contributed by atoms with van der Waals surface area (Å²) in [5, 5.41) is 3.42. The smallest absolute Gasteiger partial charge is 0.157 e. The highest BCUT2D eigenvalue weighted by molar-refractivity contribution is 5.77. The molecular weight excluding hydrogens is 384 g/mol. The van der Waals surface area contributed by atoms with Gasteiger partial charge in [0.1, 0.15) is 23.7 Å². The van der Waals surface area contributed by atoms with Gasteiger partial charge in [0.05, 0.1) is 0 Å². The number of aromatic amines is 1. The van der Waals surface area contributed by atoms with Crippen molar-refractivity contribution in [2.45, 2.75) is 25.4 Å². The molecule has 0 radical (unpaired) electrons. The second-order valence-electron chi connectivity index (χ2n) is 7.98. The van der Waals surface area contributed by atoms with Crippen molar-refractivity contribution >= 4 is 17.2 Å². The average Bonchev–Trinajstić information content (AvgIpc) is 3.27. The summed E-state index contributed by atoms with van der Waals surface area (Å²) in [7, 11) is 0. The lowest BCUT2D eigenvalue weighted by atomic mass is 9.91. The lowest BCUT2D eigenvalue weighted by Gasteiger charge is -2.22. The summed E-state index contributed by atoms with van der Waals surface area (Å²) in [5.41, 5.74) is 6.08. The second kappa shape index (κ2) is 8.74. The van der Waals surface area contributed by atoms with Gasteiger partial charge in [-0.1, -0.05) is 43.0 Å². The second-order valence-corrected chi connectivity index (χ2v) is 7.98. The highest BCUT2D eigenvalue weighted by atomic mass is 16.5. The lowest BCUT2D eigenvalue weighted by molar-refractivity contribution is 0.305. The van der Waals surface area contributed by atoms with Crippen molar-refractivity contribution in [3.63, 3.8) is 0 Å². The summed E-state index contributed by atoms with van der Waals surface area (Å²) in [6.45, 7) is 6.62. The van der Waals surface area contributed by atoms with Crippen LogP contribution >= 0.6 is 0 Å². The highest BCUT2D eigenvalue weighted by Gasteiger charge is 2.17. The number of piperidine rings is 1. The third kappa shape index (κ3) is 4.23. The van der Waals surface area contributed by atoms with Crippen molar-refractivity contribution in [2.24, 2.45) is 0 Å². The number of imidazole rings is 1. The minimum Gasteiger partial charge on any atom is -0.488 e. The Balaban J connectivity index is 1.39. The van der Waals surface area contributed by atoms with Gasteiger partial charge in [0.2, 0.25) is 0 Å². The summed E-state index contributed by atoms with van der Waals surface area (Å²) in [6.07, 6.45) is 6.12. The summed E-state index contributed by atoms with van der Waals surface area (Å²) < 4.78 is 6.03. The summed E-state index contributed by atoms with van der Waals surface area (Å²) in [4.78, 5) is 12.8. The van der Waals surface area contributed by atoms with Crippen LogP contribution in [0.1, 0.15) is 35.4 Å². The predicted octanol–water partition coefficient (Wildman–Crippen LogP) is 5.31. The maximum Gasteiger partial charge on any atom is 0.157 e. The minimum absolute atomic E-state index is 0.523. The molecule has 1 aliphatic heterocycles. The molecule has 3 heterocycles. The van der Waals surface area contributed by atoms with Crippen molar-refractivity contribution in [2.75, 3.05) is 13.1 Å². The molecule has 31 heavy (non-hydrogen) atoms. The van der Waals surface area contributed by atoms with E-state index in [0.29, 0.717) is 12.5 Å². The molecule has 0 bridgehead atoms. The van der Waals surface area contributed by atoms with Gasteiger partial charge in [-0.3, -0.25) is 0 Å². The number of benzene rings is 2. The van der Waals surface area contributed by atoms with E-state index in [0.717, 1.165) is 65.4 Å². The summed E-state index contributed by atoms with van der Waals surface area (Å²) in [6, 6.07) is 18.4. The number of nitrogens with one attached hydrogen (secondary N) is 2. The first-order chi connectivity index (χ1) is 15.3. The topological polar surface area (TPSA) is 62.8 Å². The molecule has 5 rings (SSSR count). The molecule has 1 saturated heterocycles. The van der Waals surface area contributed by atoms with E-state index < -0.39 is 0 Å². The molecule has 0 spiro atoms. The van der Waals surface area contributed by atoms with Crippen LogP contribution in [0.4, 0.5) is 0 Å². The lowest BCUT2D eigenvalue weighted by Crippen LogP contribution is -2.26. The van der Waals surface area contributed by atoms with Crippen LogP contribution in [0.5, 0.6) is 5.75 Å². The Morgan fingerprint density at radius 1 is 1.06 bits per heavy atom. The number of ether oxygens (including phenoxy) is 1. The van der Waals surface area contributed by atoms with Crippen molar-refractivity contribution in [1.82, 2.24) is 20.3 Å². The van der Waals surface area contributed by atoms with Gasteiger partial charge < -0.3 is 15.0 Å². The predicted molar refractivity (Wildman–Crippen MR) is 125 cm³/mol. The molecule has 1 aliphatic rings. The van der Waals surface area contributed by atoms with Gasteiger partial charge in [0.15, 0.2) is 5.65 Å². The normalized spacial score (nSPS) is 14.6. The van der Waals surface area contributed by atoms with E-state index in [1.165, 1.54) is 5.56 Å². The molecule has 156 valence electrons. The van der Waals surface area contributed by atoms with E-state index in [4.69, 9.17) is 9.72 Å². The number of hydrogen-bond acceptors (Lipinski definition) is 4. The fourth-order valence-electron chi connectivity index (χ4n) is 4.15. The van der Waals surface area contributed by atoms with E-state index in [-0.39, 0.29) is 0 Å². The third-order valence-electron chi connectivity index (χ3n) is 5.91. The fourth-order valence-corrected chi connectivity index (χ4v) is 4.15. The van der Waals surface area contributed by atoms with E-state index >= 15 is 0 Å². The molecule has 0 aliphatic carbocycles. The molecule has 0 saturated carbocycles. The number of rotatable bonds is 6. The van der Waals surface area contributed by atoms with E-state index in [2.05, 4.69) is 46.1 Å². The first-order valence-electron chi connectivity index (χ1n) is 10.8. The molecule has 4 aromatic rings. The summed E-state index contributed by atoms with van der Waals surface area (Å²) >= 11 is 0. The SMILES string of the molecule is C=Cc1cc(-c2nc3cc(C4CCNCC4)cnc3[nH]2)ccc1OCc1ccccc1. The van der Waals surface area contributed by atoms with Crippen LogP contribution < -0.4 is 10.1 Å². The Morgan fingerprint density at radius 3 is 2.71 bits per heavy atom. The van der Waals surface area contributed by atoms with Crippen LogP contribution in [0.15, 0.2) is 67.4 Å². The van der Waals surface area contributed by atoms with Gasteiger partial charge in [0.25, 0.3) is 0 Å². The molecular formula is C26H26N4O. The number of aromatic nitrogens is 3. The molecule has 0 unspecified atom stereocenters. The molecule has 2 aromatic heterocycles. The fraction of sp³-hybridized carbons (Fsp3) is 0.231. The molecule has 0 atom stereocenters. The Labute approximate surface area is 182 Å². The Hall–Kier alpha value is -3.44. The first-order valence-corrected chi connectivity index (χ1v) is 10.8. The van der Waals surface area contributed by atoms with Crippen molar-refractivity contribution in [3.8, 4) is 17.1 Å². The maximum atomic E-state index is 6.03. The van der Waals surface area contributed by atoms with Gasteiger partial charge in [-0.15, -0.1) is 0 Å². The van der Waals surface area contributed by atoms with Crippen molar-refractivity contribution < 1.29 is 4.74 Å². The van der Waals surface area contributed by atoms with Crippen molar-refractivity contribution in [3.05, 3.63) is 84.1 Å². The molecule has 5 nitrogen and oxygen atoms in total. The van der Waals surface area contributed by atoms with Crippen LogP contribution in [0, 0.1) is 0 Å². The molecule has 0 amide bonds. The zero-order valence-electron chi connectivity index (χ0n) is 17.5. The molecule has 5 heteroatoms. The molecule has 2 aromatic carbocycles. The first kappa shape index (κ1) is 19.5. The molecule has 2 N–H and O–H groups in total. The zero-order chi connectivity index (χ0) is 21.0. The van der Waals surface area contributed by atoms with E-state index in [1.807, 2.05) is 42.6 Å². The number of hydrogen-bond donors (Lipinski definition) is 2. The number of H-pyrrole nitrogens is 1.